The smallest absolute Gasteiger partial charge is 0.234 e. The third kappa shape index (κ3) is 5.24. The Kier molecular flexibility index (Phi) is 6.02. The van der Waals surface area contributed by atoms with Crippen LogP contribution in [0.15, 0.2) is 35.6 Å². The monoisotopic (exact) mass is 401 g/mol. The molecule has 2 heterocycles. The van der Waals surface area contributed by atoms with Gasteiger partial charge >= 0.3 is 0 Å². The highest BCUT2D eigenvalue weighted by atomic mass is 32.2. The lowest BCUT2D eigenvalue weighted by atomic mass is 10.2. The molecule has 9 heteroatoms. The maximum absolute atomic E-state index is 12.2. The minimum Gasteiger partial charge on any atom is -0.325 e. The number of thioether (sulfide) groups is 1. The van der Waals surface area contributed by atoms with Gasteiger partial charge < -0.3 is 10.6 Å². The molecule has 0 aliphatic heterocycles. The maximum Gasteiger partial charge on any atom is 0.234 e. The number of aromatic nitrogens is 3. The summed E-state index contributed by atoms with van der Waals surface area (Å²) in [6.07, 6.45) is 1.67. The van der Waals surface area contributed by atoms with Crippen LogP contribution in [0, 0.1) is 12.8 Å². The molecule has 2 aromatic heterocycles. The van der Waals surface area contributed by atoms with Crippen molar-refractivity contribution in [1.82, 2.24) is 15.0 Å². The number of rotatable bonds is 6. The average molecular weight is 402 g/mol. The summed E-state index contributed by atoms with van der Waals surface area (Å²) in [6, 6.07) is 7.30. The van der Waals surface area contributed by atoms with Crippen molar-refractivity contribution < 1.29 is 9.59 Å². The highest BCUT2D eigenvalue weighted by Gasteiger charge is 2.12. The Hall–Kier alpha value is -2.52. The third-order valence-corrected chi connectivity index (χ3v) is 5.34. The average Bonchev–Trinajstić information content (AvgIpc) is 3.01. The number of thiazole rings is 1. The number of amides is 2. The molecule has 0 saturated carbocycles. The number of carbonyl (C=O) groups excluding carboxylic acids is 2. The van der Waals surface area contributed by atoms with Crippen LogP contribution < -0.4 is 10.6 Å². The van der Waals surface area contributed by atoms with E-state index in [1.165, 1.54) is 23.1 Å². The molecule has 7 nitrogen and oxygen atoms in total. The van der Waals surface area contributed by atoms with Crippen molar-refractivity contribution in [3.63, 3.8) is 0 Å². The lowest BCUT2D eigenvalue weighted by molar-refractivity contribution is -0.119. The predicted octanol–water partition coefficient (Wildman–Crippen LogP) is 3.72. The zero-order valence-electron chi connectivity index (χ0n) is 15.1. The van der Waals surface area contributed by atoms with E-state index in [4.69, 9.17) is 0 Å². The first kappa shape index (κ1) is 19.2. The summed E-state index contributed by atoms with van der Waals surface area (Å²) >= 11 is 2.69. The first-order valence-electron chi connectivity index (χ1n) is 8.34. The van der Waals surface area contributed by atoms with Crippen LogP contribution in [0.4, 0.5) is 10.8 Å². The van der Waals surface area contributed by atoms with Gasteiger partial charge in [-0.3, -0.25) is 9.59 Å². The Morgan fingerprint density at radius 2 is 2.00 bits per heavy atom. The van der Waals surface area contributed by atoms with Gasteiger partial charge in [-0.2, -0.15) is 0 Å². The summed E-state index contributed by atoms with van der Waals surface area (Å²) in [6.45, 7) is 5.54. The van der Waals surface area contributed by atoms with Crippen LogP contribution in [0.25, 0.3) is 10.2 Å². The van der Waals surface area contributed by atoms with Gasteiger partial charge in [-0.1, -0.05) is 36.9 Å². The van der Waals surface area contributed by atoms with Gasteiger partial charge in [0.1, 0.15) is 0 Å². The van der Waals surface area contributed by atoms with Gasteiger partial charge in [-0.25, -0.2) is 15.0 Å². The van der Waals surface area contributed by atoms with E-state index in [0.29, 0.717) is 16.0 Å². The summed E-state index contributed by atoms with van der Waals surface area (Å²) in [4.78, 5) is 36.8. The number of aryl methyl sites for hydroxylation is 1. The summed E-state index contributed by atoms with van der Waals surface area (Å²) < 4.78 is 0.939. The fourth-order valence-corrected chi connectivity index (χ4v) is 3.66. The topological polar surface area (TPSA) is 96.9 Å². The van der Waals surface area contributed by atoms with E-state index < -0.39 is 0 Å². The van der Waals surface area contributed by atoms with Crippen molar-refractivity contribution in [2.24, 2.45) is 5.92 Å². The molecule has 0 saturated heterocycles. The Morgan fingerprint density at radius 1 is 1.19 bits per heavy atom. The van der Waals surface area contributed by atoms with E-state index in [1.807, 2.05) is 39.0 Å². The van der Waals surface area contributed by atoms with Gasteiger partial charge in [0.2, 0.25) is 11.8 Å². The van der Waals surface area contributed by atoms with Crippen molar-refractivity contribution >= 4 is 55.9 Å². The zero-order chi connectivity index (χ0) is 19.4. The summed E-state index contributed by atoms with van der Waals surface area (Å²) in [7, 11) is 0. The van der Waals surface area contributed by atoms with Crippen molar-refractivity contribution in [2.45, 2.75) is 25.9 Å². The second kappa shape index (κ2) is 8.45. The molecule has 0 bridgehead atoms. The van der Waals surface area contributed by atoms with Crippen LogP contribution >= 0.6 is 23.1 Å². The molecular formula is C18H19N5O2S2. The third-order valence-electron chi connectivity index (χ3n) is 3.53. The molecule has 27 heavy (non-hydrogen) atoms. The van der Waals surface area contributed by atoms with E-state index in [0.717, 1.165) is 15.9 Å². The highest BCUT2D eigenvalue weighted by molar-refractivity contribution is 7.99. The van der Waals surface area contributed by atoms with Crippen molar-refractivity contribution in [3.8, 4) is 0 Å². The minimum absolute atomic E-state index is 0.0713. The molecule has 3 rings (SSSR count). The van der Waals surface area contributed by atoms with Crippen LogP contribution in [-0.4, -0.2) is 32.5 Å². The summed E-state index contributed by atoms with van der Waals surface area (Å²) in [5.41, 5.74) is 2.25. The molecule has 0 fully saturated rings. The summed E-state index contributed by atoms with van der Waals surface area (Å²) in [5.74, 6) is -0.110. The van der Waals surface area contributed by atoms with Crippen LogP contribution in [0.3, 0.4) is 0 Å². The maximum atomic E-state index is 12.2. The number of hydrogen-bond acceptors (Lipinski definition) is 7. The van der Waals surface area contributed by atoms with Gasteiger partial charge in [0.25, 0.3) is 0 Å². The zero-order valence-corrected chi connectivity index (χ0v) is 16.8. The Bertz CT molecular complexity index is 987. The molecule has 0 radical (unpaired) electrons. The van der Waals surface area contributed by atoms with Crippen molar-refractivity contribution in [2.75, 3.05) is 16.4 Å². The van der Waals surface area contributed by atoms with E-state index in [2.05, 4.69) is 25.6 Å². The van der Waals surface area contributed by atoms with Crippen LogP contribution in [0.1, 0.15) is 19.5 Å². The standard InChI is InChI=1S/C18H19N5O2S2/c1-10(2)16(25)23-18-22-13-8-12(4-5-14(13)27-18)21-15(24)9-26-17-19-7-6-11(3)20-17/h4-8,10H,9H2,1-3H3,(H,21,24)(H,22,23,25). The number of nitrogens with one attached hydrogen (secondary N) is 2. The number of hydrogen-bond donors (Lipinski definition) is 2. The largest absolute Gasteiger partial charge is 0.325 e. The SMILES string of the molecule is Cc1ccnc(SCC(=O)Nc2ccc3sc(NC(=O)C(C)C)nc3c2)n1. The molecule has 2 amide bonds. The molecule has 0 aliphatic rings. The Morgan fingerprint density at radius 3 is 2.74 bits per heavy atom. The molecule has 0 atom stereocenters. The molecule has 1 aromatic carbocycles. The quantitative estimate of drug-likeness (QED) is 0.483. The number of benzene rings is 1. The second-order valence-electron chi connectivity index (χ2n) is 6.16. The van der Waals surface area contributed by atoms with Gasteiger partial charge in [0.15, 0.2) is 10.3 Å². The fraction of sp³-hybridized carbons (Fsp3) is 0.278. The van der Waals surface area contributed by atoms with Gasteiger partial charge in [0, 0.05) is 23.5 Å². The molecule has 0 spiro atoms. The number of fused-ring (bicyclic) bond motifs is 1. The van der Waals surface area contributed by atoms with Crippen LogP contribution in [-0.2, 0) is 9.59 Å². The predicted molar refractivity (Wildman–Crippen MR) is 109 cm³/mol. The van der Waals surface area contributed by atoms with Gasteiger partial charge in [-0.15, -0.1) is 0 Å². The number of anilines is 2. The second-order valence-corrected chi connectivity index (χ2v) is 8.14. The van der Waals surface area contributed by atoms with E-state index >= 15 is 0 Å². The normalized spacial score (nSPS) is 11.0. The number of nitrogens with zero attached hydrogens (tertiary/aromatic N) is 3. The molecule has 0 unspecified atom stereocenters. The molecule has 2 N–H and O–H groups in total. The Balaban J connectivity index is 1.62. The molecule has 3 aromatic rings. The van der Waals surface area contributed by atoms with Crippen molar-refractivity contribution in [3.05, 3.63) is 36.2 Å². The molecule has 0 aliphatic carbocycles. The minimum atomic E-state index is -0.145. The van der Waals surface area contributed by atoms with E-state index in [1.54, 1.807) is 12.3 Å². The molecule has 140 valence electrons. The summed E-state index contributed by atoms with van der Waals surface area (Å²) in [5, 5.41) is 6.78. The number of carbonyl (C=O) groups is 2. The first-order chi connectivity index (χ1) is 12.9. The lowest BCUT2D eigenvalue weighted by Gasteiger charge is -2.04. The van der Waals surface area contributed by atoms with Crippen LogP contribution in [0.5, 0.6) is 0 Å². The van der Waals surface area contributed by atoms with E-state index in [-0.39, 0.29) is 23.5 Å². The van der Waals surface area contributed by atoms with Crippen molar-refractivity contribution in [1.29, 1.82) is 0 Å². The molecular weight excluding hydrogens is 382 g/mol. The highest BCUT2D eigenvalue weighted by Crippen LogP contribution is 2.28. The lowest BCUT2D eigenvalue weighted by Crippen LogP contribution is -2.17. The first-order valence-corrected chi connectivity index (χ1v) is 10.1. The van der Waals surface area contributed by atoms with E-state index in [9.17, 15) is 9.59 Å². The fourth-order valence-electron chi connectivity index (χ4n) is 2.13. The van der Waals surface area contributed by atoms with Crippen LogP contribution in [0.2, 0.25) is 0 Å². The van der Waals surface area contributed by atoms with Gasteiger partial charge in [0.05, 0.1) is 16.0 Å². The van der Waals surface area contributed by atoms with Gasteiger partial charge in [-0.05, 0) is 31.2 Å². The Labute approximate surface area is 165 Å².